The maximum absolute atomic E-state index is 11.9. The molecule has 0 aliphatic carbocycles. The zero-order valence-corrected chi connectivity index (χ0v) is 12.1. The Balaban J connectivity index is 3.08. The Hall–Kier alpha value is -2.35. The van der Waals surface area contributed by atoms with Crippen molar-refractivity contribution in [2.75, 3.05) is 5.73 Å². The molecule has 1 aromatic carbocycles. The number of hydrogen-bond donors (Lipinski definition) is 1. The second-order valence-corrected chi connectivity index (χ2v) is 5.52. The normalized spacial score (nSPS) is 12.3. The lowest BCUT2D eigenvalue weighted by Gasteiger charge is -2.20. The van der Waals surface area contributed by atoms with Crippen LogP contribution >= 0.6 is 0 Å². The first-order chi connectivity index (χ1) is 9.15. The standard InChI is InChI=1S/C15H18N2O3/c1-9(18)12(8-16)11-6-5-10(7-13(11)17)14(19)20-15(2,3)4/h5-7,12H,17H2,1-4H3. The van der Waals surface area contributed by atoms with Gasteiger partial charge in [0.1, 0.15) is 11.5 Å². The van der Waals surface area contributed by atoms with Gasteiger partial charge in [-0.15, -0.1) is 0 Å². The van der Waals surface area contributed by atoms with Crippen molar-refractivity contribution in [1.82, 2.24) is 0 Å². The van der Waals surface area contributed by atoms with E-state index in [1.54, 1.807) is 20.8 Å². The van der Waals surface area contributed by atoms with Gasteiger partial charge in [-0.05, 0) is 45.4 Å². The molecule has 0 aromatic heterocycles. The molecule has 1 aromatic rings. The highest BCUT2D eigenvalue weighted by Gasteiger charge is 2.22. The van der Waals surface area contributed by atoms with E-state index in [4.69, 9.17) is 15.7 Å². The van der Waals surface area contributed by atoms with Gasteiger partial charge < -0.3 is 10.5 Å². The van der Waals surface area contributed by atoms with Crippen LogP contribution in [0.2, 0.25) is 0 Å². The van der Waals surface area contributed by atoms with Crippen LogP contribution in [0.4, 0.5) is 5.69 Å². The molecule has 1 unspecified atom stereocenters. The monoisotopic (exact) mass is 274 g/mol. The number of carbonyl (C=O) groups is 2. The van der Waals surface area contributed by atoms with Crippen molar-refractivity contribution in [2.45, 2.75) is 39.2 Å². The molecule has 1 rings (SSSR count). The summed E-state index contributed by atoms with van der Waals surface area (Å²) in [6.45, 7) is 6.63. The number of esters is 1. The minimum Gasteiger partial charge on any atom is -0.456 e. The van der Waals surface area contributed by atoms with Crippen molar-refractivity contribution in [3.05, 3.63) is 29.3 Å². The third kappa shape index (κ3) is 3.82. The number of rotatable bonds is 3. The van der Waals surface area contributed by atoms with Crippen LogP contribution in [0.3, 0.4) is 0 Å². The highest BCUT2D eigenvalue weighted by molar-refractivity contribution is 5.92. The zero-order valence-electron chi connectivity index (χ0n) is 12.1. The molecule has 0 radical (unpaired) electrons. The van der Waals surface area contributed by atoms with Crippen LogP contribution in [0.25, 0.3) is 0 Å². The van der Waals surface area contributed by atoms with Crippen LogP contribution < -0.4 is 5.73 Å². The summed E-state index contributed by atoms with van der Waals surface area (Å²) in [5.41, 5.74) is 6.16. The average Bonchev–Trinajstić information content (AvgIpc) is 2.29. The molecule has 0 spiro atoms. The molecule has 0 heterocycles. The predicted molar refractivity (Wildman–Crippen MR) is 75.1 cm³/mol. The molecule has 0 bridgehead atoms. The Bertz CT molecular complexity index is 580. The number of carbonyl (C=O) groups excluding carboxylic acids is 2. The van der Waals surface area contributed by atoms with Crippen molar-refractivity contribution in [2.24, 2.45) is 0 Å². The van der Waals surface area contributed by atoms with Gasteiger partial charge in [-0.2, -0.15) is 5.26 Å². The zero-order chi connectivity index (χ0) is 15.5. The Morgan fingerprint density at radius 1 is 1.35 bits per heavy atom. The summed E-state index contributed by atoms with van der Waals surface area (Å²) in [6.07, 6.45) is 0. The molecular weight excluding hydrogens is 256 g/mol. The lowest BCUT2D eigenvalue weighted by molar-refractivity contribution is -0.117. The molecule has 2 N–H and O–H groups in total. The van der Waals surface area contributed by atoms with Crippen molar-refractivity contribution >= 4 is 17.4 Å². The highest BCUT2D eigenvalue weighted by atomic mass is 16.6. The maximum Gasteiger partial charge on any atom is 0.338 e. The Kier molecular flexibility index (Phi) is 4.51. The van der Waals surface area contributed by atoms with Crippen molar-refractivity contribution in [1.29, 1.82) is 5.26 Å². The molecule has 5 heteroatoms. The van der Waals surface area contributed by atoms with E-state index in [9.17, 15) is 9.59 Å². The van der Waals surface area contributed by atoms with Crippen LogP contribution in [0, 0.1) is 11.3 Å². The average molecular weight is 274 g/mol. The van der Waals surface area contributed by atoms with E-state index < -0.39 is 17.5 Å². The number of nitriles is 1. The SMILES string of the molecule is CC(=O)C(C#N)c1ccc(C(=O)OC(C)(C)C)cc1N. The minimum absolute atomic E-state index is 0.232. The Morgan fingerprint density at radius 3 is 2.35 bits per heavy atom. The van der Waals surface area contributed by atoms with Crippen LogP contribution in [0.5, 0.6) is 0 Å². The van der Waals surface area contributed by atoms with Gasteiger partial charge in [0.2, 0.25) is 0 Å². The third-order valence-corrected chi connectivity index (χ3v) is 2.57. The molecule has 106 valence electrons. The number of hydrogen-bond acceptors (Lipinski definition) is 5. The predicted octanol–water partition coefficient (Wildman–Crippen LogP) is 2.42. The second-order valence-electron chi connectivity index (χ2n) is 5.52. The van der Waals surface area contributed by atoms with Gasteiger partial charge in [0, 0.05) is 5.69 Å². The quantitative estimate of drug-likeness (QED) is 0.674. The van der Waals surface area contributed by atoms with Crippen LogP contribution in [0.15, 0.2) is 18.2 Å². The van der Waals surface area contributed by atoms with E-state index in [1.165, 1.54) is 25.1 Å². The molecular formula is C15H18N2O3. The lowest BCUT2D eigenvalue weighted by atomic mass is 9.94. The molecule has 0 saturated carbocycles. The summed E-state index contributed by atoms with van der Waals surface area (Å²) >= 11 is 0. The third-order valence-electron chi connectivity index (χ3n) is 2.57. The molecule has 0 aliphatic rings. The van der Waals surface area contributed by atoms with Gasteiger partial charge in [-0.25, -0.2) is 4.79 Å². The van der Waals surface area contributed by atoms with Crippen LogP contribution in [0.1, 0.15) is 49.5 Å². The fourth-order valence-electron chi connectivity index (χ4n) is 1.68. The number of Topliss-reactive ketones (excluding diaryl/α,β-unsaturated/α-hetero) is 1. The van der Waals surface area contributed by atoms with Gasteiger partial charge in [0.25, 0.3) is 0 Å². The van der Waals surface area contributed by atoms with Crippen LogP contribution in [-0.2, 0) is 9.53 Å². The minimum atomic E-state index is -0.914. The number of nitrogen functional groups attached to an aromatic ring is 1. The summed E-state index contributed by atoms with van der Waals surface area (Å²) in [7, 11) is 0. The fraction of sp³-hybridized carbons (Fsp3) is 0.400. The number of anilines is 1. The number of ketones is 1. The van der Waals surface area contributed by atoms with Crippen molar-refractivity contribution in [3.63, 3.8) is 0 Å². The van der Waals surface area contributed by atoms with E-state index in [-0.39, 0.29) is 11.5 Å². The first kappa shape index (κ1) is 15.7. The number of ether oxygens (including phenoxy) is 1. The Labute approximate surface area is 118 Å². The van der Waals surface area contributed by atoms with Gasteiger partial charge >= 0.3 is 5.97 Å². The number of nitrogens with zero attached hydrogens (tertiary/aromatic N) is 1. The van der Waals surface area contributed by atoms with Crippen molar-refractivity contribution in [3.8, 4) is 6.07 Å². The summed E-state index contributed by atoms with van der Waals surface area (Å²) < 4.78 is 5.23. The maximum atomic E-state index is 11.9. The fourth-order valence-corrected chi connectivity index (χ4v) is 1.68. The lowest BCUT2D eigenvalue weighted by Crippen LogP contribution is -2.24. The van der Waals surface area contributed by atoms with E-state index >= 15 is 0 Å². The molecule has 1 atom stereocenters. The van der Waals surface area contributed by atoms with Gasteiger partial charge in [-0.1, -0.05) is 6.07 Å². The van der Waals surface area contributed by atoms with E-state index in [1.807, 2.05) is 6.07 Å². The summed E-state index contributed by atoms with van der Waals surface area (Å²) in [5, 5.41) is 8.99. The van der Waals surface area contributed by atoms with Gasteiger partial charge in [-0.3, -0.25) is 4.79 Å². The number of nitrogens with two attached hydrogens (primary N) is 1. The topological polar surface area (TPSA) is 93.2 Å². The first-order valence-corrected chi connectivity index (χ1v) is 6.18. The molecule has 0 amide bonds. The summed E-state index contributed by atoms with van der Waals surface area (Å²) in [6, 6.07) is 6.35. The van der Waals surface area contributed by atoms with E-state index in [0.717, 1.165) is 0 Å². The first-order valence-electron chi connectivity index (χ1n) is 6.18. The largest absolute Gasteiger partial charge is 0.456 e. The molecule has 0 saturated heterocycles. The second kappa shape index (κ2) is 5.74. The summed E-state index contributed by atoms with van der Waals surface area (Å²) in [4.78, 5) is 23.3. The van der Waals surface area contributed by atoms with Gasteiger partial charge in [0.05, 0.1) is 11.6 Å². The van der Waals surface area contributed by atoms with Gasteiger partial charge in [0.15, 0.2) is 5.78 Å². The molecule has 20 heavy (non-hydrogen) atoms. The highest BCUT2D eigenvalue weighted by Crippen LogP contribution is 2.25. The molecule has 0 fully saturated rings. The smallest absolute Gasteiger partial charge is 0.338 e. The van der Waals surface area contributed by atoms with Crippen LogP contribution in [-0.4, -0.2) is 17.4 Å². The number of benzene rings is 1. The van der Waals surface area contributed by atoms with Crippen molar-refractivity contribution < 1.29 is 14.3 Å². The summed E-state index contributed by atoms with van der Waals surface area (Å²) in [5.74, 6) is -1.70. The molecule has 0 aliphatic heterocycles. The van der Waals surface area contributed by atoms with E-state index in [0.29, 0.717) is 11.1 Å². The molecule has 5 nitrogen and oxygen atoms in total. The Morgan fingerprint density at radius 2 is 1.95 bits per heavy atom. The van der Waals surface area contributed by atoms with E-state index in [2.05, 4.69) is 0 Å².